The molecule has 1 aromatic carbocycles. The van der Waals surface area contributed by atoms with Gasteiger partial charge in [-0.15, -0.1) is 0 Å². The first-order valence-corrected chi connectivity index (χ1v) is 6.33. The quantitative estimate of drug-likeness (QED) is 0.795. The van der Waals surface area contributed by atoms with Gasteiger partial charge in [0.25, 0.3) is 0 Å². The van der Waals surface area contributed by atoms with Gasteiger partial charge in [0.15, 0.2) is 0 Å². The van der Waals surface area contributed by atoms with Gasteiger partial charge < -0.3 is 15.1 Å². The van der Waals surface area contributed by atoms with Gasteiger partial charge in [-0.3, -0.25) is 9.69 Å². The number of carboxylic acid groups (broad SMARTS) is 1. The molecule has 0 aliphatic rings. The summed E-state index contributed by atoms with van der Waals surface area (Å²) in [7, 11) is 3.85. The molecule has 0 saturated heterocycles. The Morgan fingerprint density at radius 2 is 2.00 bits per heavy atom. The number of likely N-dealkylation sites (N-methyl/N-ethyl adjacent to an activating group) is 1. The summed E-state index contributed by atoms with van der Waals surface area (Å²) in [6, 6.07) is 4.89. The van der Waals surface area contributed by atoms with Crippen LogP contribution in [0.25, 0.3) is 0 Å². The van der Waals surface area contributed by atoms with E-state index in [2.05, 4.69) is 0 Å². The van der Waals surface area contributed by atoms with Crippen LogP contribution in [0, 0.1) is 0 Å². The molecular weight excluding hydrogens is 268 g/mol. The zero-order valence-electron chi connectivity index (χ0n) is 11.1. The molecule has 0 bridgehead atoms. The Morgan fingerprint density at radius 1 is 1.32 bits per heavy atom. The molecule has 0 amide bonds. The van der Waals surface area contributed by atoms with Crippen molar-refractivity contribution in [2.24, 2.45) is 0 Å². The summed E-state index contributed by atoms with van der Waals surface area (Å²) in [6.07, 6.45) is 0. The Bertz CT molecular complexity index is 418. The molecule has 2 N–H and O–H groups in total. The number of carboxylic acids is 1. The lowest BCUT2D eigenvalue weighted by Gasteiger charge is -2.23. The minimum atomic E-state index is -0.898. The molecule has 5 nitrogen and oxygen atoms in total. The molecule has 0 unspecified atom stereocenters. The van der Waals surface area contributed by atoms with Crippen LogP contribution in [-0.4, -0.2) is 59.7 Å². The molecule has 0 heterocycles. The van der Waals surface area contributed by atoms with Gasteiger partial charge in [-0.05, 0) is 26.2 Å². The van der Waals surface area contributed by atoms with Gasteiger partial charge in [0.2, 0.25) is 0 Å². The van der Waals surface area contributed by atoms with Crippen LogP contribution in [0.5, 0.6) is 5.75 Å². The van der Waals surface area contributed by atoms with Gasteiger partial charge in [0, 0.05) is 30.2 Å². The van der Waals surface area contributed by atoms with Crippen LogP contribution in [0.1, 0.15) is 5.56 Å². The number of rotatable bonds is 7. The van der Waals surface area contributed by atoms with E-state index in [9.17, 15) is 9.90 Å². The second-order valence-corrected chi connectivity index (χ2v) is 5.05. The van der Waals surface area contributed by atoms with Crippen molar-refractivity contribution in [3.8, 4) is 5.75 Å². The fourth-order valence-corrected chi connectivity index (χ4v) is 1.90. The number of hydrogen-bond donors (Lipinski definition) is 2. The summed E-state index contributed by atoms with van der Waals surface area (Å²) >= 11 is 6.03. The van der Waals surface area contributed by atoms with Crippen molar-refractivity contribution >= 4 is 17.6 Å². The number of hydrogen-bond acceptors (Lipinski definition) is 4. The number of phenols is 1. The third-order valence-corrected chi connectivity index (χ3v) is 3.05. The lowest BCUT2D eigenvalue weighted by Crippen LogP contribution is -2.35. The maximum absolute atomic E-state index is 10.9. The fourth-order valence-electron chi connectivity index (χ4n) is 1.67. The van der Waals surface area contributed by atoms with Gasteiger partial charge in [-0.1, -0.05) is 17.7 Å². The number of carbonyl (C=O) groups is 1. The zero-order chi connectivity index (χ0) is 14.4. The second kappa shape index (κ2) is 7.33. The van der Waals surface area contributed by atoms with Gasteiger partial charge in [0.05, 0.1) is 6.54 Å². The molecule has 0 aliphatic heterocycles. The molecule has 106 valence electrons. The van der Waals surface area contributed by atoms with Crippen molar-refractivity contribution in [3.63, 3.8) is 0 Å². The predicted molar refractivity (Wildman–Crippen MR) is 74.6 cm³/mol. The molecule has 0 saturated carbocycles. The third kappa shape index (κ3) is 5.46. The maximum atomic E-state index is 10.9. The van der Waals surface area contributed by atoms with Crippen LogP contribution in [0.2, 0.25) is 5.02 Å². The molecule has 0 aliphatic carbocycles. The van der Waals surface area contributed by atoms with E-state index in [1.54, 1.807) is 23.1 Å². The van der Waals surface area contributed by atoms with Gasteiger partial charge in [0.1, 0.15) is 5.75 Å². The molecule has 0 radical (unpaired) electrons. The largest absolute Gasteiger partial charge is 0.508 e. The van der Waals surface area contributed by atoms with E-state index in [0.717, 1.165) is 6.54 Å². The van der Waals surface area contributed by atoms with Crippen LogP contribution in [0.3, 0.4) is 0 Å². The minimum Gasteiger partial charge on any atom is -0.508 e. The summed E-state index contributed by atoms with van der Waals surface area (Å²) < 4.78 is 0. The highest BCUT2D eigenvalue weighted by Gasteiger charge is 2.14. The van der Waals surface area contributed by atoms with Crippen LogP contribution < -0.4 is 0 Å². The minimum absolute atomic E-state index is 0.0848. The Kier molecular flexibility index (Phi) is 6.08. The smallest absolute Gasteiger partial charge is 0.317 e. The zero-order valence-corrected chi connectivity index (χ0v) is 11.9. The normalized spacial score (nSPS) is 11.2. The predicted octanol–water partition coefficient (Wildman–Crippen LogP) is 1.49. The molecular formula is C13H19ClN2O3. The molecule has 1 aromatic rings. The topological polar surface area (TPSA) is 64.0 Å². The average molecular weight is 287 g/mol. The van der Waals surface area contributed by atoms with E-state index in [-0.39, 0.29) is 12.3 Å². The molecule has 0 spiro atoms. The SMILES string of the molecule is CN(C)CCN(CC(=O)O)Cc1c(O)cccc1Cl. The van der Waals surface area contributed by atoms with Gasteiger partial charge >= 0.3 is 5.97 Å². The summed E-state index contributed by atoms with van der Waals surface area (Å²) in [5.74, 6) is -0.807. The molecule has 19 heavy (non-hydrogen) atoms. The monoisotopic (exact) mass is 286 g/mol. The fraction of sp³-hybridized carbons (Fsp3) is 0.462. The maximum Gasteiger partial charge on any atom is 0.317 e. The number of halogens is 1. The molecule has 0 aromatic heterocycles. The van der Waals surface area contributed by atoms with Crippen LogP contribution in [0.15, 0.2) is 18.2 Å². The van der Waals surface area contributed by atoms with Crippen molar-refractivity contribution in [1.82, 2.24) is 9.80 Å². The van der Waals surface area contributed by atoms with Gasteiger partial charge in [-0.2, -0.15) is 0 Å². The first-order chi connectivity index (χ1) is 8.90. The highest BCUT2D eigenvalue weighted by Crippen LogP contribution is 2.26. The lowest BCUT2D eigenvalue weighted by atomic mass is 10.2. The van der Waals surface area contributed by atoms with Crippen LogP contribution in [-0.2, 0) is 11.3 Å². The van der Waals surface area contributed by atoms with E-state index in [1.807, 2.05) is 19.0 Å². The Balaban J connectivity index is 2.78. The van der Waals surface area contributed by atoms with Crippen LogP contribution >= 0.6 is 11.6 Å². The standard InChI is InChI=1S/C13H19ClN2O3/c1-15(2)6-7-16(9-13(18)19)8-10-11(14)4-3-5-12(10)17/h3-5,17H,6-9H2,1-2H3,(H,18,19). The Labute approximate surface area is 118 Å². The first-order valence-electron chi connectivity index (χ1n) is 5.95. The van der Waals surface area contributed by atoms with E-state index in [1.165, 1.54) is 0 Å². The number of aromatic hydroxyl groups is 1. The average Bonchev–Trinajstić information content (AvgIpc) is 2.30. The van der Waals surface area contributed by atoms with Crippen molar-refractivity contribution in [2.45, 2.75) is 6.54 Å². The van der Waals surface area contributed by atoms with Crippen molar-refractivity contribution < 1.29 is 15.0 Å². The lowest BCUT2D eigenvalue weighted by molar-refractivity contribution is -0.138. The van der Waals surface area contributed by atoms with E-state index in [0.29, 0.717) is 23.7 Å². The first kappa shape index (κ1) is 15.8. The van der Waals surface area contributed by atoms with E-state index in [4.69, 9.17) is 16.7 Å². The van der Waals surface area contributed by atoms with Crippen LogP contribution in [0.4, 0.5) is 0 Å². The molecule has 0 fully saturated rings. The Hall–Kier alpha value is -1.30. The molecule has 6 heteroatoms. The van der Waals surface area contributed by atoms with Crippen molar-refractivity contribution in [2.75, 3.05) is 33.7 Å². The number of nitrogens with zero attached hydrogens (tertiary/aromatic N) is 2. The second-order valence-electron chi connectivity index (χ2n) is 4.65. The number of aliphatic carboxylic acids is 1. The van der Waals surface area contributed by atoms with Crippen molar-refractivity contribution in [1.29, 1.82) is 0 Å². The van der Waals surface area contributed by atoms with Gasteiger partial charge in [-0.25, -0.2) is 0 Å². The highest BCUT2D eigenvalue weighted by molar-refractivity contribution is 6.31. The van der Waals surface area contributed by atoms with E-state index < -0.39 is 5.97 Å². The number of phenolic OH excluding ortho intramolecular Hbond substituents is 1. The molecule has 1 rings (SSSR count). The van der Waals surface area contributed by atoms with E-state index >= 15 is 0 Å². The summed E-state index contributed by atoms with van der Waals surface area (Å²) in [6.45, 7) is 1.55. The summed E-state index contributed by atoms with van der Waals surface area (Å²) in [5.41, 5.74) is 0.559. The summed E-state index contributed by atoms with van der Waals surface area (Å²) in [4.78, 5) is 14.6. The number of benzene rings is 1. The molecule has 0 atom stereocenters. The third-order valence-electron chi connectivity index (χ3n) is 2.70. The highest BCUT2D eigenvalue weighted by atomic mass is 35.5. The summed E-state index contributed by atoms with van der Waals surface area (Å²) in [5, 5.41) is 19.1. The Morgan fingerprint density at radius 3 is 2.53 bits per heavy atom. The van der Waals surface area contributed by atoms with Crippen molar-refractivity contribution in [3.05, 3.63) is 28.8 Å².